The van der Waals surface area contributed by atoms with Crippen LogP contribution in [0.15, 0.2) is 35.9 Å². The second-order valence-corrected chi connectivity index (χ2v) is 6.79. The number of imide groups is 1. The van der Waals surface area contributed by atoms with E-state index in [0.717, 1.165) is 11.3 Å². The van der Waals surface area contributed by atoms with Gasteiger partial charge in [-0.3, -0.25) is 19.7 Å². The lowest BCUT2D eigenvalue weighted by molar-refractivity contribution is -0.147. The number of amides is 3. The smallest absolute Gasteiger partial charge is 0.316 e. The van der Waals surface area contributed by atoms with Crippen molar-refractivity contribution in [2.45, 2.75) is 25.1 Å². The molecule has 3 amide bonds. The summed E-state index contributed by atoms with van der Waals surface area (Å²) < 4.78 is 5.59. The maximum Gasteiger partial charge on any atom is 0.316 e. The Morgan fingerprint density at radius 2 is 1.83 bits per heavy atom. The van der Waals surface area contributed by atoms with Gasteiger partial charge in [-0.1, -0.05) is 17.7 Å². The molecule has 0 bridgehead atoms. The Morgan fingerprint density at radius 1 is 1.17 bits per heavy atom. The van der Waals surface area contributed by atoms with E-state index in [9.17, 15) is 14.4 Å². The first kappa shape index (κ1) is 18.1. The normalized spacial score (nSPS) is 20.2. The van der Waals surface area contributed by atoms with Crippen molar-refractivity contribution in [1.82, 2.24) is 10.6 Å². The predicted molar refractivity (Wildman–Crippen MR) is 92.6 cm³/mol. The van der Waals surface area contributed by atoms with Gasteiger partial charge in [-0.2, -0.15) is 0 Å². The van der Waals surface area contributed by atoms with Gasteiger partial charge in [0.15, 0.2) is 4.87 Å². The lowest BCUT2D eigenvalue weighted by Gasteiger charge is -2.34. The van der Waals surface area contributed by atoms with Crippen molar-refractivity contribution in [3.05, 3.63) is 41.5 Å². The molecular weight excluding hydrogens is 328 g/mol. The first-order chi connectivity index (χ1) is 11.4. The van der Waals surface area contributed by atoms with Gasteiger partial charge in [-0.05, 0) is 43.9 Å². The number of benzene rings is 1. The van der Waals surface area contributed by atoms with Gasteiger partial charge in [-0.25, -0.2) is 0 Å². The van der Waals surface area contributed by atoms with Gasteiger partial charge in [0.1, 0.15) is 12.4 Å². The molecule has 0 saturated carbocycles. The number of thioether (sulfide) groups is 1. The van der Waals surface area contributed by atoms with Crippen LogP contribution in [0.2, 0.25) is 0 Å². The highest BCUT2D eigenvalue weighted by Crippen LogP contribution is 2.27. The van der Waals surface area contributed by atoms with Crippen LogP contribution in [0.4, 0.5) is 0 Å². The molecule has 6 nitrogen and oxygen atoms in total. The lowest BCUT2D eigenvalue weighted by atomic mass is 10.0. The number of allylic oxidation sites excluding steroid dienone is 1. The Kier molecular flexibility index (Phi) is 5.66. The van der Waals surface area contributed by atoms with Gasteiger partial charge in [0.25, 0.3) is 5.91 Å². The third-order valence-corrected chi connectivity index (χ3v) is 4.71. The fraction of sp³-hybridized carbons (Fsp3) is 0.353. The van der Waals surface area contributed by atoms with E-state index in [0.29, 0.717) is 6.61 Å². The molecule has 1 aliphatic heterocycles. The Morgan fingerprint density at radius 3 is 2.42 bits per heavy atom. The first-order valence-corrected chi connectivity index (χ1v) is 8.67. The van der Waals surface area contributed by atoms with E-state index in [1.165, 1.54) is 17.3 Å². The van der Waals surface area contributed by atoms with Crippen molar-refractivity contribution in [3.8, 4) is 5.75 Å². The van der Waals surface area contributed by atoms with Gasteiger partial charge in [0.2, 0.25) is 0 Å². The number of nitrogens with one attached hydrogen (secondary N) is 2. The summed E-state index contributed by atoms with van der Waals surface area (Å²) in [6.07, 6.45) is 3.97. The van der Waals surface area contributed by atoms with E-state index in [4.69, 9.17) is 4.74 Å². The molecule has 1 fully saturated rings. The number of piperazine rings is 1. The molecule has 7 heteroatoms. The topological polar surface area (TPSA) is 84.5 Å². The largest absolute Gasteiger partial charge is 0.490 e. The van der Waals surface area contributed by atoms with Crippen LogP contribution in [0.1, 0.15) is 19.4 Å². The minimum absolute atomic E-state index is 0.271. The Bertz CT molecular complexity index is 680. The Hall–Kier alpha value is -2.28. The molecule has 0 spiro atoms. The van der Waals surface area contributed by atoms with E-state index in [1.807, 2.05) is 44.2 Å². The SMILES string of the molecule is CS[C@@]1(Cc2ccc(OCC=C(C)C)cc2)NC(=O)C(=O)NC1=O. The molecule has 1 aromatic rings. The van der Waals surface area contributed by atoms with E-state index in [1.54, 1.807) is 6.26 Å². The fourth-order valence-corrected chi connectivity index (χ4v) is 2.94. The highest BCUT2D eigenvalue weighted by molar-refractivity contribution is 8.00. The minimum atomic E-state index is -1.19. The Labute approximate surface area is 145 Å². The van der Waals surface area contributed by atoms with E-state index in [2.05, 4.69) is 10.6 Å². The van der Waals surface area contributed by atoms with E-state index in [-0.39, 0.29) is 6.42 Å². The van der Waals surface area contributed by atoms with Crippen LogP contribution >= 0.6 is 11.8 Å². The van der Waals surface area contributed by atoms with Crippen LogP contribution in [0, 0.1) is 0 Å². The lowest BCUT2D eigenvalue weighted by Crippen LogP contribution is -2.67. The van der Waals surface area contributed by atoms with Crippen molar-refractivity contribution in [2.75, 3.05) is 12.9 Å². The molecule has 1 heterocycles. The molecule has 0 radical (unpaired) electrons. The number of carbonyl (C=O) groups excluding carboxylic acids is 3. The molecule has 0 aromatic heterocycles. The zero-order valence-corrected chi connectivity index (χ0v) is 14.7. The molecule has 1 saturated heterocycles. The van der Waals surface area contributed by atoms with Gasteiger partial charge < -0.3 is 10.1 Å². The number of ether oxygens (including phenoxy) is 1. The van der Waals surface area contributed by atoms with Crippen molar-refractivity contribution >= 4 is 29.5 Å². The highest BCUT2D eigenvalue weighted by atomic mass is 32.2. The number of rotatable bonds is 6. The van der Waals surface area contributed by atoms with Gasteiger partial charge in [0, 0.05) is 6.42 Å². The molecular formula is C17H20N2O4S. The molecule has 2 N–H and O–H groups in total. The maximum absolute atomic E-state index is 12.2. The van der Waals surface area contributed by atoms with E-state index >= 15 is 0 Å². The molecule has 1 aliphatic rings. The zero-order valence-electron chi connectivity index (χ0n) is 13.8. The van der Waals surface area contributed by atoms with E-state index < -0.39 is 22.6 Å². The van der Waals surface area contributed by atoms with Crippen LogP contribution in [0.3, 0.4) is 0 Å². The van der Waals surface area contributed by atoms with Crippen molar-refractivity contribution < 1.29 is 19.1 Å². The van der Waals surface area contributed by atoms with Crippen LogP contribution in [-0.2, 0) is 20.8 Å². The molecule has 2 rings (SSSR count). The molecule has 24 heavy (non-hydrogen) atoms. The second-order valence-electron chi connectivity index (χ2n) is 5.68. The molecule has 0 unspecified atom stereocenters. The third kappa shape index (κ3) is 4.17. The molecule has 1 aromatic carbocycles. The molecule has 128 valence electrons. The monoisotopic (exact) mass is 348 g/mol. The summed E-state index contributed by atoms with van der Waals surface area (Å²) in [6, 6.07) is 7.31. The Balaban J connectivity index is 2.08. The van der Waals surface area contributed by atoms with Crippen molar-refractivity contribution in [1.29, 1.82) is 0 Å². The predicted octanol–water partition coefficient (Wildman–Crippen LogP) is 1.41. The number of hydrogen-bond acceptors (Lipinski definition) is 5. The standard InChI is InChI=1S/C17H20N2O4S/c1-11(2)8-9-23-13-6-4-12(5-7-13)10-17(24-3)16(22)18-14(20)15(21)19-17/h4-8H,9-10H2,1-3H3,(H,19,21)(H,18,20,22)/t17-/m1/s1. The highest BCUT2D eigenvalue weighted by Gasteiger charge is 2.45. The van der Waals surface area contributed by atoms with Crippen LogP contribution in [0.25, 0.3) is 0 Å². The average molecular weight is 348 g/mol. The van der Waals surface area contributed by atoms with Crippen molar-refractivity contribution in [3.63, 3.8) is 0 Å². The summed E-state index contributed by atoms with van der Waals surface area (Å²) >= 11 is 1.19. The van der Waals surface area contributed by atoms with Crippen LogP contribution < -0.4 is 15.4 Å². The fourth-order valence-electron chi connectivity index (χ4n) is 2.19. The molecule has 0 aliphatic carbocycles. The summed E-state index contributed by atoms with van der Waals surface area (Å²) in [7, 11) is 0. The average Bonchev–Trinajstić information content (AvgIpc) is 2.54. The quantitative estimate of drug-likeness (QED) is 0.461. The summed E-state index contributed by atoms with van der Waals surface area (Å²) in [4.78, 5) is 33.9. The maximum atomic E-state index is 12.2. The second kappa shape index (κ2) is 7.53. The van der Waals surface area contributed by atoms with Crippen LogP contribution in [0.5, 0.6) is 5.75 Å². The van der Waals surface area contributed by atoms with Gasteiger partial charge >= 0.3 is 11.8 Å². The number of carbonyl (C=O) groups is 3. The summed E-state index contributed by atoms with van der Waals surface area (Å²) in [5.41, 5.74) is 2.03. The summed E-state index contributed by atoms with van der Waals surface area (Å²) in [5, 5.41) is 4.61. The third-order valence-electron chi connectivity index (χ3n) is 3.58. The molecule has 1 atom stereocenters. The first-order valence-electron chi connectivity index (χ1n) is 7.44. The van der Waals surface area contributed by atoms with Crippen LogP contribution in [-0.4, -0.2) is 35.5 Å². The minimum Gasteiger partial charge on any atom is -0.490 e. The zero-order chi connectivity index (χ0) is 17.7. The van der Waals surface area contributed by atoms with Crippen molar-refractivity contribution in [2.24, 2.45) is 0 Å². The van der Waals surface area contributed by atoms with Gasteiger partial charge in [0.05, 0.1) is 0 Å². The summed E-state index contributed by atoms with van der Waals surface area (Å²) in [6.45, 7) is 4.50. The number of hydrogen-bond donors (Lipinski definition) is 2. The van der Waals surface area contributed by atoms with Gasteiger partial charge in [-0.15, -0.1) is 11.8 Å². The summed E-state index contributed by atoms with van der Waals surface area (Å²) in [5.74, 6) is -1.51.